The molecule has 2 aromatic carbocycles. The summed E-state index contributed by atoms with van der Waals surface area (Å²) in [4.78, 5) is 0.204. The molecule has 0 aliphatic rings. The van der Waals surface area contributed by atoms with Gasteiger partial charge in [0.05, 0.1) is 10.6 Å². The van der Waals surface area contributed by atoms with Gasteiger partial charge in [-0.1, -0.05) is 29.9 Å². The first-order chi connectivity index (χ1) is 8.99. The first-order valence-corrected chi connectivity index (χ1v) is 6.78. The van der Waals surface area contributed by atoms with Crippen LogP contribution in [-0.2, 0) is 0 Å². The van der Waals surface area contributed by atoms with Crippen LogP contribution in [0.3, 0.4) is 0 Å². The third-order valence-corrected chi connectivity index (χ3v) is 3.50. The van der Waals surface area contributed by atoms with Gasteiger partial charge in [-0.15, -0.1) is 0 Å². The maximum Gasteiger partial charge on any atom is 0.142 e. The maximum absolute atomic E-state index is 13.1. The molecule has 0 saturated heterocycles. The molecule has 98 valence electrons. The van der Waals surface area contributed by atoms with Crippen molar-refractivity contribution in [1.29, 1.82) is 0 Å². The van der Waals surface area contributed by atoms with Crippen LogP contribution in [0.4, 0.5) is 4.39 Å². The summed E-state index contributed by atoms with van der Waals surface area (Å²) >= 11 is 14.0. The predicted molar refractivity (Wildman–Crippen MR) is 81.5 cm³/mol. The minimum atomic E-state index is -0.502. The van der Waals surface area contributed by atoms with Gasteiger partial charge in [-0.3, -0.25) is 0 Å². The largest absolute Gasteiger partial charge is 0.457 e. The first kappa shape index (κ1) is 14.2. The van der Waals surface area contributed by atoms with E-state index in [4.69, 9.17) is 34.3 Å². The summed E-state index contributed by atoms with van der Waals surface area (Å²) in [6.07, 6.45) is 0. The second kappa shape index (κ2) is 5.86. The summed E-state index contributed by atoms with van der Waals surface area (Å²) in [6.45, 7) is 0. The van der Waals surface area contributed by atoms with Crippen LogP contribution in [0.2, 0.25) is 5.02 Å². The third kappa shape index (κ3) is 3.23. The Morgan fingerprint density at radius 2 is 2.05 bits per heavy atom. The van der Waals surface area contributed by atoms with E-state index in [0.717, 1.165) is 4.47 Å². The van der Waals surface area contributed by atoms with Crippen molar-refractivity contribution >= 4 is 44.7 Å². The van der Waals surface area contributed by atoms with E-state index in [1.54, 1.807) is 18.2 Å². The summed E-state index contributed by atoms with van der Waals surface area (Å²) in [7, 11) is 0. The topological polar surface area (TPSA) is 35.2 Å². The van der Waals surface area contributed by atoms with Crippen molar-refractivity contribution < 1.29 is 9.13 Å². The molecule has 0 aliphatic carbocycles. The van der Waals surface area contributed by atoms with Crippen molar-refractivity contribution in [2.45, 2.75) is 0 Å². The van der Waals surface area contributed by atoms with Gasteiger partial charge in [-0.2, -0.15) is 0 Å². The Morgan fingerprint density at radius 3 is 2.68 bits per heavy atom. The molecule has 0 amide bonds. The molecule has 0 fully saturated rings. The van der Waals surface area contributed by atoms with Crippen molar-refractivity contribution in [2.24, 2.45) is 5.73 Å². The van der Waals surface area contributed by atoms with Crippen molar-refractivity contribution in [2.75, 3.05) is 0 Å². The van der Waals surface area contributed by atoms with Gasteiger partial charge in [-0.05, 0) is 40.2 Å². The number of halogens is 3. The normalized spacial score (nSPS) is 10.3. The number of thiocarbonyl (C=S) groups is 1. The van der Waals surface area contributed by atoms with Crippen molar-refractivity contribution in [3.8, 4) is 11.5 Å². The minimum absolute atomic E-state index is 0.00984. The molecule has 0 radical (unpaired) electrons. The first-order valence-electron chi connectivity index (χ1n) is 5.20. The molecule has 0 aliphatic heterocycles. The van der Waals surface area contributed by atoms with Gasteiger partial charge < -0.3 is 10.5 Å². The van der Waals surface area contributed by atoms with E-state index in [0.29, 0.717) is 17.1 Å². The number of ether oxygens (including phenoxy) is 1. The molecule has 6 heteroatoms. The fraction of sp³-hybridized carbons (Fsp3) is 0. The zero-order chi connectivity index (χ0) is 14.0. The summed E-state index contributed by atoms with van der Waals surface area (Å²) in [5.74, 6) is 0.379. The third-order valence-electron chi connectivity index (χ3n) is 2.34. The Morgan fingerprint density at radius 1 is 1.32 bits per heavy atom. The number of rotatable bonds is 3. The summed E-state index contributed by atoms with van der Waals surface area (Å²) < 4.78 is 19.4. The molecule has 0 saturated carbocycles. The number of hydrogen-bond donors (Lipinski definition) is 1. The highest BCUT2D eigenvalue weighted by Crippen LogP contribution is 2.32. The highest BCUT2D eigenvalue weighted by Gasteiger charge is 2.12. The van der Waals surface area contributed by atoms with Crippen LogP contribution < -0.4 is 10.5 Å². The highest BCUT2D eigenvalue weighted by atomic mass is 79.9. The molecule has 0 aromatic heterocycles. The Hall–Kier alpha value is -1.17. The molecule has 0 bridgehead atoms. The van der Waals surface area contributed by atoms with E-state index in [1.807, 2.05) is 0 Å². The molecule has 0 unspecified atom stereocenters. The van der Waals surface area contributed by atoms with E-state index in [9.17, 15) is 4.39 Å². The lowest BCUT2D eigenvalue weighted by Gasteiger charge is -2.12. The smallest absolute Gasteiger partial charge is 0.142 e. The monoisotopic (exact) mass is 359 g/mol. The molecule has 2 aromatic rings. The van der Waals surface area contributed by atoms with Gasteiger partial charge in [0.25, 0.3) is 0 Å². The zero-order valence-electron chi connectivity index (χ0n) is 9.49. The molecule has 0 atom stereocenters. The Labute approximate surface area is 128 Å². The Kier molecular flexibility index (Phi) is 4.39. The second-order valence-corrected chi connectivity index (χ2v) is 5.36. The lowest BCUT2D eigenvalue weighted by atomic mass is 10.2. The van der Waals surface area contributed by atoms with Gasteiger partial charge in [-0.25, -0.2) is 4.39 Å². The summed E-state index contributed by atoms with van der Waals surface area (Å²) in [5, 5.41) is -0.00984. The molecule has 19 heavy (non-hydrogen) atoms. The van der Waals surface area contributed by atoms with Crippen LogP contribution in [0.25, 0.3) is 0 Å². The summed E-state index contributed by atoms with van der Waals surface area (Å²) in [6, 6.07) is 9.41. The van der Waals surface area contributed by atoms with Crippen LogP contribution in [0.15, 0.2) is 40.9 Å². The lowest BCUT2D eigenvalue weighted by molar-refractivity contribution is 0.479. The SMILES string of the molecule is NC(=S)c1c(Br)cccc1Oc1ccc(F)c(Cl)c1. The van der Waals surface area contributed by atoms with Crippen LogP contribution in [0.5, 0.6) is 11.5 Å². The Balaban J connectivity index is 2.40. The van der Waals surface area contributed by atoms with E-state index in [1.165, 1.54) is 18.2 Å². The van der Waals surface area contributed by atoms with E-state index < -0.39 is 5.82 Å². The standard InChI is InChI=1S/C13H8BrClFNOS/c14-8-2-1-3-11(12(8)13(17)19)18-7-4-5-10(16)9(15)6-7/h1-6H,(H2,17,19). The molecule has 2 N–H and O–H groups in total. The summed E-state index contributed by atoms with van der Waals surface area (Å²) in [5.41, 5.74) is 6.24. The van der Waals surface area contributed by atoms with Gasteiger partial charge in [0.15, 0.2) is 0 Å². The fourth-order valence-electron chi connectivity index (χ4n) is 1.50. The van der Waals surface area contributed by atoms with Crippen molar-refractivity contribution in [3.63, 3.8) is 0 Å². The molecule has 0 spiro atoms. The van der Waals surface area contributed by atoms with Gasteiger partial charge in [0.2, 0.25) is 0 Å². The molecular formula is C13H8BrClFNOS. The van der Waals surface area contributed by atoms with Crippen LogP contribution in [0, 0.1) is 5.82 Å². The fourth-order valence-corrected chi connectivity index (χ4v) is 2.57. The van der Waals surface area contributed by atoms with Crippen molar-refractivity contribution in [3.05, 3.63) is 57.3 Å². The van der Waals surface area contributed by atoms with E-state index >= 15 is 0 Å². The van der Waals surface area contributed by atoms with Crippen LogP contribution >= 0.6 is 39.7 Å². The van der Waals surface area contributed by atoms with E-state index in [2.05, 4.69) is 15.9 Å². The average Bonchev–Trinajstić information content (AvgIpc) is 2.33. The molecule has 0 heterocycles. The quantitative estimate of drug-likeness (QED) is 0.808. The van der Waals surface area contributed by atoms with Gasteiger partial charge in [0.1, 0.15) is 22.3 Å². The zero-order valence-corrected chi connectivity index (χ0v) is 12.7. The van der Waals surface area contributed by atoms with Gasteiger partial charge >= 0.3 is 0 Å². The van der Waals surface area contributed by atoms with Crippen LogP contribution in [0.1, 0.15) is 5.56 Å². The second-order valence-electron chi connectivity index (χ2n) is 3.66. The number of benzene rings is 2. The Bertz CT molecular complexity index is 651. The van der Waals surface area contributed by atoms with Gasteiger partial charge in [0, 0.05) is 10.5 Å². The predicted octanol–water partition coefficient (Wildman–Crippen LogP) is 4.67. The van der Waals surface area contributed by atoms with E-state index in [-0.39, 0.29) is 10.0 Å². The molecule has 2 rings (SSSR count). The number of hydrogen-bond acceptors (Lipinski definition) is 2. The molecule has 2 nitrogen and oxygen atoms in total. The minimum Gasteiger partial charge on any atom is -0.457 e. The lowest BCUT2D eigenvalue weighted by Crippen LogP contribution is -2.11. The molecular weight excluding hydrogens is 353 g/mol. The number of nitrogens with two attached hydrogens (primary N) is 1. The maximum atomic E-state index is 13.1. The van der Waals surface area contributed by atoms with Crippen LogP contribution in [-0.4, -0.2) is 4.99 Å². The average molecular weight is 361 g/mol. The van der Waals surface area contributed by atoms with Crippen molar-refractivity contribution in [1.82, 2.24) is 0 Å². The highest BCUT2D eigenvalue weighted by molar-refractivity contribution is 9.10.